The van der Waals surface area contributed by atoms with Gasteiger partial charge in [-0.25, -0.2) is 22.0 Å². The summed E-state index contributed by atoms with van der Waals surface area (Å²) in [6, 6.07) is 4.14. The molecule has 1 saturated carbocycles. The van der Waals surface area contributed by atoms with Crippen LogP contribution in [0.1, 0.15) is 79.4 Å². The molecule has 1 amide bonds. The van der Waals surface area contributed by atoms with Gasteiger partial charge in [0.25, 0.3) is 24.3 Å². The molecule has 2 N–H and O–H groups in total. The van der Waals surface area contributed by atoms with Gasteiger partial charge >= 0.3 is 0 Å². The molecule has 1 aliphatic carbocycles. The van der Waals surface area contributed by atoms with Crippen molar-refractivity contribution in [2.75, 3.05) is 18.4 Å². The lowest BCUT2D eigenvalue weighted by Gasteiger charge is -2.36. The SMILES string of the molecule is CC(NC(=O)c1cn(C2(C(F)F)CC2)c(=O)cc1N[C@H]1CCN2CCC[C@@H]2C1)c1cccc(C(F)F)c1F. The molecule has 11 heteroatoms. The summed E-state index contributed by atoms with van der Waals surface area (Å²) >= 11 is 0. The number of carbonyl (C=O) groups is 1. The zero-order valence-electron chi connectivity index (χ0n) is 21.0. The fourth-order valence-corrected chi connectivity index (χ4v) is 5.87. The van der Waals surface area contributed by atoms with E-state index in [2.05, 4.69) is 15.5 Å². The number of nitrogens with one attached hydrogen (secondary N) is 2. The van der Waals surface area contributed by atoms with Crippen molar-refractivity contribution in [1.82, 2.24) is 14.8 Å². The second kappa shape index (κ2) is 10.3. The molecule has 3 fully saturated rings. The topological polar surface area (TPSA) is 66.4 Å². The number of aromatic nitrogens is 1. The van der Waals surface area contributed by atoms with E-state index in [-0.39, 0.29) is 35.7 Å². The van der Waals surface area contributed by atoms with E-state index in [0.29, 0.717) is 6.04 Å². The number of hydrogen-bond acceptors (Lipinski definition) is 4. The van der Waals surface area contributed by atoms with Crippen LogP contribution in [-0.4, -0.2) is 47.0 Å². The molecule has 206 valence electrons. The molecular weight excluding hydrogens is 507 g/mol. The van der Waals surface area contributed by atoms with Crippen LogP contribution in [0.25, 0.3) is 0 Å². The van der Waals surface area contributed by atoms with Gasteiger partial charge in [-0.2, -0.15) is 0 Å². The number of nitrogens with zero attached hydrogens (tertiary/aromatic N) is 2. The average Bonchev–Trinajstić information content (AvgIpc) is 3.55. The van der Waals surface area contributed by atoms with Gasteiger partial charge < -0.3 is 20.1 Å². The largest absolute Gasteiger partial charge is 0.381 e. The molecule has 3 heterocycles. The van der Waals surface area contributed by atoms with Gasteiger partial charge in [0, 0.05) is 36.5 Å². The van der Waals surface area contributed by atoms with Gasteiger partial charge in [0.05, 0.1) is 22.9 Å². The zero-order chi connectivity index (χ0) is 27.2. The number of rotatable bonds is 8. The monoisotopic (exact) mass is 538 g/mol. The molecule has 3 atom stereocenters. The maximum absolute atomic E-state index is 14.7. The van der Waals surface area contributed by atoms with Crippen LogP contribution in [0.2, 0.25) is 0 Å². The first-order valence-corrected chi connectivity index (χ1v) is 13.0. The summed E-state index contributed by atoms with van der Waals surface area (Å²) < 4.78 is 69.8. The minimum Gasteiger partial charge on any atom is -0.381 e. The number of hydrogen-bond donors (Lipinski definition) is 2. The van der Waals surface area contributed by atoms with Crippen LogP contribution in [-0.2, 0) is 5.54 Å². The second-order valence-corrected chi connectivity index (χ2v) is 10.7. The lowest BCUT2D eigenvalue weighted by Crippen LogP contribution is -2.43. The van der Waals surface area contributed by atoms with Crippen molar-refractivity contribution in [3.63, 3.8) is 0 Å². The first kappa shape index (κ1) is 26.6. The van der Waals surface area contributed by atoms with Crippen molar-refractivity contribution in [2.45, 2.75) is 82.0 Å². The lowest BCUT2D eigenvalue weighted by atomic mass is 9.97. The van der Waals surface area contributed by atoms with Crippen molar-refractivity contribution in [2.24, 2.45) is 0 Å². The second-order valence-electron chi connectivity index (χ2n) is 10.7. The number of pyridine rings is 1. The Balaban J connectivity index is 1.45. The molecule has 3 aliphatic rings. The van der Waals surface area contributed by atoms with Crippen LogP contribution in [0, 0.1) is 5.82 Å². The smallest absolute Gasteiger partial charge is 0.266 e. The summed E-state index contributed by atoms with van der Waals surface area (Å²) in [5.74, 6) is -1.84. The molecule has 2 aromatic rings. The number of alkyl halides is 4. The highest BCUT2D eigenvalue weighted by atomic mass is 19.3. The van der Waals surface area contributed by atoms with E-state index in [1.54, 1.807) is 0 Å². The number of anilines is 1. The fraction of sp³-hybridized carbons (Fsp3) is 0.556. The molecule has 1 aromatic carbocycles. The number of halogens is 5. The fourth-order valence-electron chi connectivity index (χ4n) is 5.87. The van der Waals surface area contributed by atoms with Crippen molar-refractivity contribution in [3.8, 4) is 0 Å². The van der Waals surface area contributed by atoms with Gasteiger partial charge in [-0.1, -0.05) is 18.2 Å². The van der Waals surface area contributed by atoms with Crippen molar-refractivity contribution in [1.29, 1.82) is 0 Å². The van der Waals surface area contributed by atoms with E-state index in [1.807, 2.05) is 0 Å². The van der Waals surface area contributed by atoms with Crippen LogP contribution >= 0.6 is 0 Å². The van der Waals surface area contributed by atoms with Gasteiger partial charge in [0.15, 0.2) is 0 Å². The maximum Gasteiger partial charge on any atom is 0.266 e. The molecule has 5 rings (SSSR count). The van der Waals surface area contributed by atoms with E-state index in [9.17, 15) is 31.5 Å². The van der Waals surface area contributed by atoms with E-state index in [1.165, 1.54) is 25.1 Å². The van der Waals surface area contributed by atoms with Gasteiger partial charge in [0.1, 0.15) is 11.4 Å². The third kappa shape index (κ3) is 4.92. The molecular formula is C27H31F5N4O2. The number of amides is 1. The quantitative estimate of drug-likeness (QED) is 0.453. The number of piperidine rings is 1. The van der Waals surface area contributed by atoms with E-state index in [0.717, 1.165) is 55.6 Å². The minimum absolute atomic E-state index is 0.0151. The Morgan fingerprint density at radius 1 is 1.11 bits per heavy atom. The number of fused-ring (bicyclic) bond motifs is 1. The van der Waals surface area contributed by atoms with Gasteiger partial charge in [-0.05, 0) is 52.0 Å². The first-order valence-electron chi connectivity index (χ1n) is 13.0. The summed E-state index contributed by atoms with van der Waals surface area (Å²) in [5.41, 5.74) is -2.99. The Bertz CT molecular complexity index is 1260. The third-order valence-corrected chi connectivity index (χ3v) is 8.23. The number of benzene rings is 1. The highest BCUT2D eigenvalue weighted by Gasteiger charge is 2.53. The highest BCUT2D eigenvalue weighted by Crippen LogP contribution is 2.48. The van der Waals surface area contributed by atoms with E-state index < -0.39 is 47.3 Å². The van der Waals surface area contributed by atoms with Crippen molar-refractivity contribution < 1.29 is 26.7 Å². The minimum atomic E-state index is -3.02. The average molecular weight is 539 g/mol. The van der Waals surface area contributed by atoms with E-state index >= 15 is 0 Å². The Hall–Kier alpha value is -2.95. The molecule has 2 saturated heterocycles. The predicted molar refractivity (Wildman–Crippen MR) is 132 cm³/mol. The Labute approximate surface area is 217 Å². The summed E-state index contributed by atoms with van der Waals surface area (Å²) in [5, 5.41) is 5.91. The summed E-state index contributed by atoms with van der Waals surface area (Å²) in [6.45, 7) is 3.39. The summed E-state index contributed by atoms with van der Waals surface area (Å²) in [4.78, 5) is 28.8. The van der Waals surface area contributed by atoms with Crippen LogP contribution in [0.3, 0.4) is 0 Å². The lowest BCUT2D eigenvalue weighted by molar-refractivity contribution is 0.0648. The normalized spacial score (nSPS) is 23.4. The standard InChI is InChI=1S/C27H31F5N4O2/c1-15(18-5-2-6-19(23(18)28)24(29)30)33-25(38)20-14-36(27(8-9-27)26(31)32)22(37)13-21(20)34-16-7-11-35-10-3-4-17(35)12-16/h2,5-6,13-17,24,26,34H,3-4,7-12H2,1H3,(H,33,38)/t15?,16-,17+/m0/s1. The summed E-state index contributed by atoms with van der Waals surface area (Å²) in [6.07, 6.45) is -0.609. The molecule has 2 aliphatic heterocycles. The van der Waals surface area contributed by atoms with Crippen LogP contribution in [0.4, 0.5) is 27.6 Å². The Morgan fingerprint density at radius 3 is 2.53 bits per heavy atom. The third-order valence-electron chi connectivity index (χ3n) is 8.23. The Morgan fingerprint density at radius 2 is 1.84 bits per heavy atom. The first-order chi connectivity index (χ1) is 18.1. The molecule has 6 nitrogen and oxygen atoms in total. The van der Waals surface area contributed by atoms with Gasteiger partial charge in [0.2, 0.25) is 0 Å². The van der Waals surface area contributed by atoms with Crippen molar-refractivity contribution in [3.05, 3.63) is 63.3 Å². The zero-order valence-corrected chi connectivity index (χ0v) is 21.0. The van der Waals surface area contributed by atoms with E-state index in [4.69, 9.17) is 0 Å². The molecule has 0 radical (unpaired) electrons. The summed E-state index contributed by atoms with van der Waals surface area (Å²) in [7, 11) is 0. The predicted octanol–water partition coefficient (Wildman–Crippen LogP) is 5.21. The molecule has 1 unspecified atom stereocenters. The molecule has 0 spiro atoms. The van der Waals surface area contributed by atoms with Crippen molar-refractivity contribution >= 4 is 11.6 Å². The highest BCUT2D eigenvalue weighted by molar-refractivity contribution is 5.99. The number of carbonyl (C=O) groups excluding carboxylic acids is 1. The molecule has 0 bridgehead atoms. The maximum atomic E-state index is 14.7. The molecule has 38 heavy (non-hydrogen) atoms. The molecule has 1 aromatic heterocycles. The van der Waals surface area contributed by atoms with Gasteiger partial charge in [-0.15, -0.1) is 0 Å². The Kier molecular flexibility index (Phi) is 7.23. The van der Waals surface area contributed by atoms with Crippen LogP contribution in [0.5, 0.6) is 0 Å². The van der Waals surface area contributed by atoms with Crippen LogP contribution < -0.4 is 16.2 Å². The van der Waals surface area contributed by atoms with Crippen LogP contribution in [0.15, 0.2) is 35.3 Å². The van der Waals surface area contributed by atoms with Gasteiger partial charge in [-0.3, -0.25) is 9.59 Å².